The fourth-order valence-electron chi connectivity index (χ4n) is 4.09. The van der Waals surface area contributed by atoms with Crippen molar-refractivity contribution in [3.05, 3.63) is 57.6 Å². The highest BCUT2D eigenvalue weighted by Crippen LogP contribution is 2.44. The molecule has 0 saturated carbocycles. The Kier molecular flexibility index (Phi) is 7.04. The van der Waals surface area contributed by atoms with E-state index >= 15 is 0 Å². The normalized spacial score (nSPS) is 15.7. The average Bonchev–Trinajstić information content (AvgIpc) is 2.72. The maximum atomic E-state index is 10.8. The van der Waals surface area contributed by atoms with Crippen molar-refractivity contribution in [1.29, 1.82) is 0 Å². The summed E-state index contributed by atoms with van der Waals surface area (Å²) in [7, 11) is 0. The molecule has 3 N–H and O–H groups in total. The van der Waals surface area contributed by atoms with Crippen molar-refractivity contribution in [2.24, 2.45) is 15.9 Å². The van der Waals surface area contributed by atoms with Gasteiger partial charge in [0.25, 0.3) is 0 Å². The van der Waals surface area contributed by atoms with Crippen LogP contribution in [-0.2, 0) is 19.3 Å². The third kappa shape index (κ3) is 5.66. The molecule has 0 spiro atoms. The van der Waals surface area contributed by atoms with Gasteiger partial charge in [0.2, 0.25) is 0 Å². The van der Waals surface area contributed by atoms with Crippen LogP contribution >= 0.6 is 0 Å². The van der Waals surface area contributed by atoms with E-state index in [1.54, 1.807) is 13.1 Å². The van der Waals surface area contributed by atoms with E-state index in [-0.39, 0.29) is 5.60 Å². The Morgan fingerprint density at radius 3 is 2.48 bits per heavy atom. The number of nitrogens with zero attached hydrogens (tertiary/aromatic N) is 2. The number of benzene rings is 2. The highest BCUT2D eigenvalue weighted by atomic mass is 16.5. The largest absolute Gasteiger partial charge is 0.507 e. The number of phenols is 1. The van der Waals surface area contributed by atoms with Crippen LogP contribution in [0.15, 0.2) is 34.5 Å². The van der Waals surface area contributed by atoms with E-state index in [1.165, 1.54) is 11.1 Å². The molecule has 2 aromatic rings. The second kappa shape index (κ2) is 9.54. The first-order valence-electron chi connectivity index (χ1n) is 11.1. The quantitative estimate of drug-likeness (QED) is 0.272. The second-order valence-corrected chi connectivity index (χ2v) is 9.18. The zero-order chi connectivity index (χ0) is 22.6. The van der Waals surface area contributed by atoms with Gasteiger partial charge >= 0.3 is 0 Å². The highest BCUT2D eigenvalue weighted by Gasteiger charge is 2.31. The number of hydrogen-bond donors (Lipinski definition) is 2. The second-order valence-electron chi connectivity index (χ2n) is 9.18. The molecule has 2 aromatic carbocycles. The van der Waals surface area contributed by atoms with Crippen LogP contribution in [0.1, 0.15) is 73.4 Å². The first kappa shape index (κ1) is 22.9. The van der Waals surface area contributed by atoms with E-state index in [2.05, 4.69) is 43.1 Å². The van der Waals surface area contributed by atoms with E-state index in [0.717, 1.165) is 66.5 Å². The predicted octanol–water partition coefficient (Wildman–Crippen LogP) is 5.39. The Morgan fingerprint density at radius 1 is 1.13 bits per heavy atom. The molecule has 0 amide bonds. The molecule has 1 aliphatic heterocycles. The van der Waals surface area contributed by atoms with Crippen molar-refractivity contribution in [1.82, 2.24) is 0 Å². The molecular formula is C26H35N3O2. The molecule has 31 heavy (non-hydrogen) atoms. The third-order valence-corrected chi connectivity index (χ3v) is 6.08. The van der Waals surface area contributed by atoms with Gasteiger partial charge in [-0.05, 0) is 95.4 Å². The Balaban J connectivity index is 1.62. The van der Waals surface area contributed by atoms with Crippen LogP contribution in [0.25, 0.3) is 0 Å². The number of ether oxygens (including phenoxy) is 1. The maximum Gasteiger partial charge on any atom is 0.127 e. The summed E-state index contributed by atoms with van der Waals surface area (Å²) in [4.78, 5) is 0. The number of fused-ring (bicyclic) bond motifs is 1. The van der Waals surface area contributed by atoms with Crippen molar-refractivity contribution >= 4 is 12.1 Å². The van der Waals surface area contributed by atoms with Crippen LogP contribution in [0.4, 0.5) is 0 Å². The van der Waals surface area contributed by atoms with Crippen molar-refractivity contribution in [3.8, 4) is 11.5 Å². The highest BCUT2D eigenvalue weighted by molar-refractivity contribution is 5.82. The van der Waals surface area contributed by atoms with E-state index in [4.69, 9.17) is 10.5 Å². The third-order valence-electron chi connectivity index (χ3n) is 6.08. The van der Waals surface area contributed by atoms with Gasteiger partial charge in [-0.15, -0.1) is 5.10 Å². The summed E-state index contributed by atoms with van der Waals surface area (Å²) in [6.07, 6.45) is 7.62. The lowest BCUT2D eigenvalue weighted by Gasteiger charge is -2.35. The summed E-state index contributed by atoms with van der Waals surface area (Å²) in [5.41, 5.74) is 11.9. The van der Waals surface area contributed by atoms with Crippen LogP contribution in [0, 0.1) is 13.8 Å². The fraction of sp³-hybridized carbons (Fsp3) is 0.462. The van der Waals surface area contributed by atoms with Crippen LogP contribution < -0.4 is 10.5 Å². The van der Waals surface area contributed by atoms with Gasteiger partial charge in [0.15, 0.2) is 0 Å². The molecule has 1 heterocycles. The minimum Gasteiger partial charge on any atom is -0.507 e. The summed E-state index contributed by atoms with van der Waals surface area (Å²) in [5.74, 6) is 1.89. The smallest absolute Gasteiger partial charge is 0.127 e. The minimum absolute atomic E-state index is 0.148. The monoisotopic (exact) mass is 421 g/mol. The van der Waals surface area contributed by atoms with Gasteiger partial charge < -0.3 is 15.6 Å². The first-order chi connectivity index (χ1) is 14.7. The Hall–Kier alpha value is -2.82. The lowest BCUT2D eigenvalue weighted by molar-refractivity contribution is 0.0830. The molecule has 0 atom stereocenters. The zero-order valence-electron chi connectivity index (χ0n) is 19.5. The number of nitrogens with two attached hydrogens (primary N) is 1. The molecule has 0 fully saturated rings. The molecule has 0 aliphatic carbocycles. The zero-order valence-corrected chi connectivity index (χ0v) is 19.5. The van der Waals surface area contributed by atoms with E-state index < -0.39 is 0 Å². The van der Waals surface area contributed by atoms with Crippen molar-refractivity contribution in [2.45, 2.75) is 78.7 Å². The number of rotatable bonds is 7. The van der Waals surface area contributed by atoms with Crippen LogP contribution in [0.5, 0.6) is 11.5 Å². The van der Waals surface area contributed by atoms with E-state index in [0.29, 0.717) is 11.6 Å². The van der Waals surface area contributed by atoms with Crippen LogP contribution in [-0.4, -0.2) is 22.8 Å². The fourth-order valence-corrected chi connectivity index (χ4v) is 4.09. The molecule has 0 aromatic heterocycles. The van der Waals surface area contributed by atoms with E-state index in [1.807, 2.05) is 19.1 Å². The summed E-state index contributed by atoms with van der Waals surface area (Å²) >= 11 is 0. The lowest BCUT2D eigenvalue weighted by Crippen LogP contribution is -2.33. The van der Waals surface area contributed by atoms with Crippen LogP contribution in [0.2, 0.25) is 0 Å². The molecule has 0 saturated heterocycles. The molecule has 5 nitrogen and oxygen atoms in total. The minimum atomic E-state index is -0.148. The van der Waals surface area contributed by atoms with E-state index in [9.17, 15) is 5.11 Å². The van der Waals surface area contributed by atoms with Gasteiger partial charge in [-0.1, -0.05) is 24.3 Å². The van der Waals surface area contributed by atoms with Crippen LogP contribution in [0.3, 0.4) is 0 Å². The predicted molar refractivity (Wildman–Crippen MR) is 129 cm³/mol. The van der Waals surface area contributed by atoms with Gasteiger partial charge in [-0.25, -0.2) is 0 Å². The van der Waals surface area contributed by atoms with Crippen molar-refractivity contribution in [2.75, 3.05) is 0 Å². The molecule has 0 radical (unpaired) electrons. The summed E-state index contributed by atoms with van der Waals surface area (Å²) < 4.78 is 6.32. The lowest BCUT2D eigenvalue weighted by atomic mass is 9.86. The number of aryl methyl sites for hydroxylation is 1. The molecule has 0 bridgehead atoms. The number of phenolic OH excluding ortho intramolecular Hbond substituents is 1. The molecule has 0 unspecified atom stereocenters. The van der Waals surface area contributed by atoms with Gasteiger partial charge in [0.05, 0.1) is 6.21 Å². The number of aromatic hydroxyl groups is 1. The molecule has 1 aliphatic rings. The Labute approximate surface area is 186 Å². The van der Waals surface area contributed by atoms with Crippen molar-refractivity contribution < 1.29 is 9.84 Å². The van der Waals surface area contributed by atoms with Gasteiger partial charge in [0, 0.05) is 11.1 Å². The summed E-state index contributed by atoms with van der Waals surface area (Å²) in [6, 6.07) is 8.35. The number of amidine groups is 1. The van der Waals surface area contributed by atoms with Gasteiger partial charge in [0.1, 0.15) is 22.9 Å². The summed E-state index contributed by atoms with van der Waals surface area (Å²) in [5, 5.41) is 18.6. The van der Waals surface area contributed by atoms with Gasteiger partial charge in [-0.2, -0.15) is 5.10 Å². The summed E-state index contributed by atoms with van der Waals surface area (Å²) in [6.45, 7) is 10.0. The molecule has 5 heteroatoms. The standard InChI is InChI=1S/C26H35N3O2/c1-17-18(2)25-23(14-15-26(4,5)31-25)22(24(17)30)9-7-6-8-20-10-12-21(13-11-20)16-28-29-19(3)27/h10-13,16,30H,6-9,14-15H2,1-5H3,(H2,27,29)/b28-16+. The topological polar surface area (TPSA) is 80.2 Å². The SMILES string of the molecule is C/C(N)=N/N=C/c1ccc(CCCCc2c(O)c(C)c(C)c3c2CCC(C)(C)O3)cc1. The number of unbranched alkanes of at least 4 members (excludes halogenated alkanes) is 1. The molecule has 3 rings (SSSR count). The number of hydrogen-bond acceptors (Lipinski definition) is 4. The molecule has 166 valence electrons. The Bertz CT molecular complexity index is 985. The van der Waals surface area contributed by atoms with Gasteiger partial charge in [-0.3, -0.25) is 0 Å². The molecular weight excluding hydrogens is 386 g/mol. The van der Waals surface area contributed by atoms with Crippen molar-refractivity contribution in [3.63, 3.8) is 0 Å². The average molecular weight is 422 g/mol. The Morgan fingerprint density at radius 2 is 1.81 bits per heavy atom. The maximum absolute atomic E-state index is 10.8. The first-order valence-corrected chi connectivity index (χ1v) is 11.1.